The van der Waals surface area contributed by atoms with E-state index in [9.17, 15) is 4.79 Å². The van der Waals surface area contributed by atoms with Gasteiger partial charge in [0.05, 0.1) is 12.7 Å². The average molecular weight is 374 g/mol. The van der Waals surface area contributed by atoms with E-state index in [0.29, 0.717) is 18.1 Å². The van der Waals surface area contributed by atoms with Crippen LogP contribution >= 0.6 is 0 Å². The van der Waals surface area contributed by atoms with Gasteiger partial charge in [-0.25, -0.2) is 9.97 Å². The van der Waals surface area contributed by atoms with E-state index in [2.05, 4.69) is 44.5 Å². The van der Waals surface area contributed by atoms with Crippen molar-refractivity contribution in [1.29, 1.82) is 0 Å². The lowest BCUT2D eigenvalue weighted by atomic mass is 10.0. The molecular formula is C22H22N4O2. The third-order valence-electron chi connectivity index (χ3n) is 4.93. The molecule has 6 heteroatoms. The first-order valence-electron chi connectivity index (χ1n) is 9.28. The molecule has 0 fully saturated rings. The second-order valence-electron chi connectivity index (χ2n) is 6.74. The summed E-state index contributed by atoms with van der Waals surface area (Å²) in [7, 11) is 1.63. The zero-order valence-electron chi connectivity index (χ0n) is 15.8. The fourth-order valence-corrected chi connectivity index (χ4v) is 3.30. The zero-order chi connectivity index (χ0) is 19.3. The number of ether oxygens (including phenoxy) is 1. The van der Waals surface area contributed by atoms with Gasteiger partial charge in [-0.3, -0.25) is 4.79 Å². The van der Waals surface area contributed by atoms with E-state index in [0.717, 1.165) is 30.8 Å². The van der Waals surface area contributed by atoms with Crippen LogP contribution < -0.4 is 15.0 Å². The average Bonchev–Trinajstić information content (AvgIpc) is 2.77. The van der Waals surface area contributed by atoms with Crippen LogP contribution in [0.3, 0.4) is 0 Å². The van der Waals surface area contributed by atoms with E-state index in [1.54, 1.807) is 19.5 Å². The van der Waals surface area contributed by atoms with Crippen molar-refractivity contribution in [2.45, 2.75) is 19.5 Å². The number of aromatic nitrogens is 2. The van der Waals surface area contributed by atoms with E-state index in [-0.39, 0.29) is 5.91 Å². The molecule has 0 unspecified atom stereocenters. The molecular weight excluding hydrogens is 352 g/mol. The number of nitrogens with zero attached hydrogens (tertiary/aromatic N) is 3. The lowest BCUT2D eigenvalue weighted by molar-refractivity contribution is 0.0950. The first-order valence-corrected chi connectivity index (χ1v) is 9.28. The van der Waals surface area contributed by atoms with Crippen LogP contribution in [0.4, 0.5) is 5.95 Å². The Hall–Kier alpha value is -3.41. The second-order valence-corrected chi connectivity index (χ2v) is 6.74. The summed E-state index contributed by atoms with van der Waals surface area (Å²) in [6.45, 7) is 2.10. The standard InChI is InChI=1S/C22H22N4O2/c1-28-20-8-6-16(7-9-20)12-23-21(27)19-13-24-22(25-14-19)26-11-10-17-4-2-3-5-18(17)15-26/h2-9,13-14H,10-12,15H2,1H3,(H,23,27). The topological polar surface area (TPSA) is 67.3 Å². The van der Waals surface area contributed by atoms with Gasteiger partial charge in [0.2, 0.25) is 5.95 Å². The quantitative estimate of drug-likeness (QED) is 0.744. The Balaban J connectivity index is 1.37. The minimum absolute atomic E-state index is 0.189. The highest BCUT2D eigenvalue weighted by molar-refractivity contribution is 5.93. The first kappa shape index (κ1) is 18.0. The third kappa shape index (κ3) is 3.96. The fourth-order valence-electron chi connectivity index (χ4n) is 3.30. The van der Waals surface area contributed by atoms with Crippen molar-refractivity contribution >= 4 is 11.9 Å². The molecule has 0 aliphatic carbocycles. The molecule has 1 aromatic heterocycles. The molecule has 3 aromatic rings. The van der Waals surface area contributed by atoms with Crippen LogP contribution in [-0.4, -0.2) is 29.5 Å². The molecule has 4 rings (SSSR count). The van der Waals surface area contributed by atoms with Gasteiger partial charge in [0.1, 0.15) is 5.75 Å². The van der Waals surface area contributed by atoms with Crippen LogP contribution in [0.25, 0.3) is 0 Å². The van der Waals surface area contributed by atoms with E-state index < -0.39 is 0 Å². The molecule has 0 bridgehead atoms. The zero-order valence-corrected chi connectivity index (χ0v) is 15.8. The molecule has 1 aliphatic rings. The number of carbonyl (C=O) groups is 1. The minimum atomic E-state index is -0.189. The summed E-state index contributed by atoms with van der Waals surface area (Å²) in [4.78, 5) is 23.3. The SMILES string of the molecule is COc1ccc(CNC(=O)c2cnc(N3CCc4ccccc4C3)nc2)cc1. The van der Waals surface area contributed by atoms with Crippen molar-refractivity contribution in [3.05, 3.63) is 83.2 Å². The molecule has 1 amide bonds. The largest absolute Gasteiger partial charge is 0.497 e. The summed E-state index contributed by atoms with van der Waals surface area (Å²) >= 11 is 0. The van der Waals surface area contributed by atoms with Crippen LogP contribution in [0.15, 0.2) is 60.9 Å². The van der Waals surface area contributed by atoms with Gasteiger partial charge in [-0.2, -0.15) is 0 Å². The van der Waals surface area contributed by atoms with Crippen molar-refractivity contribution in [3.63, 3.8) is 0 Å². The molecule has 0 saturated heterocycles. The molecule has 2 aromatic carbocycles. The number of carbonyl (C=O) groups excluding carboxylic acids is 1. The minimum Gasteiger partial charge on any atom is -0.497 e. The van der Waals surface area contributed by atoms with E-state index in [1.165, 1.54) is 11.1 Å². The molecule has 1 N–H and O–H groups in total. The summed E-state index contributed by atoms with van der Waals surface area (Å²) in [5, 5.41) is 2.89. The number of methoxy groups -OCH3 is 1. The van der Waals surface area contributed by atoms with Gasteiger partial charge in [-0.15, -0.1) is 0 Å². The Morgan fingerprint density at radius 1 is 1.07 bits per heavy atom. The molecule has 142 valence electrons. The Bertz CT molecular complexity index is 955. The fraction of sp³-hybridized carbons (Fsp3) is 0.227. The summed E-state index contributed by atoms with van der Waals surface area (Å²) in [6.07, 6.45) is 4.15. The lowest BCUT2D eigenvalue weighted by Crippen LogP contribution is -2.32. The lowest BCUT2D eigenvalue weighted by Gasteiger charge is -2.28. The van der Waals surface area contributed by atoms with Gasteiger partial charge in [-0.1, -0.05) is 36.4 Å². The van der Waals surface area contributed by atoms with Gasteiger partial charge < -0.3 is 15.0 Å². The van der Waals surface area contributed by atoms with Crippen LogP contribution in [0.1, 0.15) is 27.0 Å². The number of hydrogen-bond donors (Lipinski definition) is 1. The number of anilines is 1. The van der Waals surface area contributed by atoms with Crippen molar-refractivity contribution in [1.82, 2.24) is 15.3 Å². The van der Waals surface area contributed by atoms with Crippen molar-refractivity contribution in [2.75, 3.05) is 18.6 Å². The number of nitrogens with one attached hydrogen (secondary N) is 1. The number of hydrogen-bond acceptors (Lipinski definition) is 5. The highest BCUT2D eigenvalue weighted by Gasteiger charge is 2.18. The van der Waals surface area contributed by atoms with Gasteiger partial charge in [0, 0.05) is 32.0 Å². The van der Waals surface area contributed by atoms with E-state index in [1.807, 2.05) is 24.3 Å². The van der Waals surface area contributed by atoms with E-state index >= 15 is 0 Å². The number of amides is 1. The smallest absolute Gasteiger partial charge is 0.254 e. The van der Waals surface area contributed by atoms with Gasteiger partial charge in [0.25, 0.3) is 5.91 Å². The molecule has 28 heavy (non-hydrogen) atoms. The highest BCUT2D eigenvalue weighted by Crippen LogP contribution is 2.21. The summed E-state index contributed by atoms with van der Waals surface area (Å²) in [5.41, 5.74) is 4.14. The van der Waals surface area contributed by atoms with E-state index in [4.69, 9.17) is 4.74 Å². The van der Waals surface area contributed by atoms with Gasteiger partial charge in [0.15, 0.2) is 0 Å². The Labute approximate surface area is 164 Å². The number of rotatable bonds is 5. The highest BCUT2D eigenvalue weighted by atomic mass is 16.5. The van der Waals surface area contributed by atoms with Crippen LogP contribution in [0.5, 0.6) is 5.75 Å². The van der Waals surface area contributed by atoms with Gasteiger partial charge in [-0.05, 0) is 35.2 Å². The molecule has 2 heterocycles. The summed E-state index contributed by atoms with van der Waals surface area (Å²) in [6, 6.07) is 16.0. The summed E-state index contributed by atoms with van der Waals surface area (Å²) in [5.74, 6) is 1.26. The number of fused-ring (bicyclic) bond motifs is 1. The van der Waals surface area contributed by atoms with Gasteiger partial charge >= 0.3 is 0 Å². The Kier molecular flexibility index (Phi) is 5.19. The molecule has 0 saturated carbocycles. The third-order valence-corrected chi connectivity index (χ3v) is 4.93. The monoisotopic (exact) mass is 374 g/mol. The number of benzene rings is 2. The van der Waals surface area contributed by atoms with Crippen LogP contribution in [-0.2, 0) is 19.5 Å². The maximum Gasteiger partial charge on any atom is 0.254 e. The van der Waals surface area contributed by atoms with Crippen molar-refractivity contribution < 1.29 is 9.53 Å². The molecule has 6 nitrogen and oxygen atoms in total. The molecule has 0 atom stereocenters. The van der Waals surface area contributed by atoms with Crippen molar-refractivity contribution in [2.24, 2.45) is 0 Å². The molecule has 1 aliphatic heterocycles. The Morgan fingerprint density at radius 2 is 1.79 bits per heavy atom. The first-order chi connectivity index (χ1) is 13.7. The predicted molar refractivity (Wildman–Crippen MR) is 107 cm³/mol. The van der Waals surface area contributed by atoms with Crippen LogP contribution in [0, 0.1) is 0 Å². The maximum absolute atomic E-state index is 12.4. The van der Waals surface area contributed by atoms with Crippen molar-refractivity contribution in [3.8, 4) is 5.75 Å². The van der Waals surface area contributed by atoms with Crippen LogP contribution in [0.2, 0.25) is 0 Å². The maximum atomic E-state index is 12.4. The predicted octanol–water partition coefficient (Wildman–Crippen LogP) is 2.98. The second kappa shape index (κ2) is 8.08. The normalized spacial score (nSPS) is 13.0. The molecule has 0 spiro atoms. The molecule has 0 radical (unpaired) electrons. The summed E-state index contributed by atoms with van der Waals surface area (Å²) < 4.78 is 5.14. The Morgan fingerprint density at radius 3 is 2.50 bits per heavy atom.